The zero-order valence-electron chi connectivity index (χ0n) is 16.5. The number of aliphatic hydroxyl groups excluding tert-OH is 1. The van der Waals surface area contributed by atoms with Gasteiger partial charge in [-0.05, 0) is 18.1 Å². The van der Waals surface area contributed by atoms with Crippen LogP contribution in [0.3, 0.4) is 0 Å². The molecule has 3 N–H and O–H groups in total. The number of rotatable bonds is 6. The van der Waals surface area contributed by atoms with Crippen molar-refractivity contribution in [2.75, 3.05) is 6.54 Å². The standard InChI is InChI=1S/C21H23N5O4/c1-13-6-18(30-25-13)8-20(28)26-12-17(27)7-19(26)21(29)22-9-14-2-4-15(5-3-14)16-10-23-24-11-16/h2-6,10-11,17,19,27H,7-9,12H2,1H3,(H,22,29)(H,23,24). The number of amides is 2. The van der Waals surface area contributed by atoms with Crippen LogP contribution in [-0.2, 0) is 22.6 Å². The highest BCUT2D eigenvalue weighted by Crippen LogP contribution is 2.21. The van der Waals surface area contributed by atoms with Gasteiger partial charge in [0.15, 0.2) is 0 Å². The van der Waals surface area contributed by atoms with Crippen molar-refractivity contribution in [2.45, 2.75) is 38.5 Å². The summed E-state index contributed by atoms with van der Waals surface area (Å²) < 4.78 is 5.09. The van der Waals surface area contributed by atoms with Crippen molar-refractivity contribution < 1.29 is 19.2 Å². The van der Waals surface area contributed by atoms with E-state index in [1.807, 2.05) is 30.5 Å². The molecule has 0 bridgehead atoms. The summed E-state index contributed by atoms with van der Waals surface area (Å²) in [6, 6.07) is 8.76. The van der Waals surface area contributed by atoms with Crippen LogP contribution in [0, 0.1) is 6.92 Å². The molecule has 1 aliphatic heterocycles. The molecule has 0 aliphatic carbocycles. The van der Waals surface area contributed by atoms with Gasteiger partial charge in [-0.25, -0.2) is 0 Å². The van der Waals surface area contributed by atoms with Gasteiger partial charge in [0, 0.05) is 37.3 Å². The van der Waals surface area contributed by atoms with Crippen molar-refractivity contribution in [1.82, 2.24) is 25.6 Å². The molecule has 1 aliphatic rings. The van der Waals surface area contributed by atoms with Gasteiger partial charge in [-0.3, -0.25) is 14.7 Å². The Morgan fingerprint density at radius 3 is 2.77 bits per heavy atom. The normalized spacial score (nSPS) is 18.5. The topological polar surface area (TPSA) is 124 Å². The Hall–Kier alpha value is -3.46. The molecule has 1 fully saturated rings. The number of aryl methyl sites for hydroxylation is 1. The number of carbonyl (C=O) groups is 2. The van der Waals surface area contributed by atoms with Gasteiger partial charge < -0.3 is 19.8 Å². The van der Waals surface area contributed by atoms with E-state index >= 15 is 0 Å². The second-order valence-electron chi connectivity index (χ2n) is 7.46. The molecule has 9 nitrogen and oxygen atoms in total. The van der Waals surface area contributed by atoms with Crippen LogP contribution in [0.25, 0.3) is 11.1 Å². The Morgan fingerprint density at radius 2 is 2.10 bits per heavy atom. The molecule has 9 heteroatoms. The number of benzene rings is 1. The van der Waals surface area contributed by atoms with Crippen molar-refractivity contribution in [2.24, 2.45) is 0 Å². The number of likely N-dealkylation sites (tertiary alicyclic amines) is 1. The fourth-order valence-corrected chi connectivity index (χ4v) is 3.62. The minimum atomic E-state index is -0.726. The van der Waals surface area contributed by atoms with Crippen LogP contribution in [0.1, 0.15) is 23.4 Å². The van der Waals surface area contributed by atoms with E-state index in [9.17, 15) is 14.7 Å². The summed E-state index contributed by atoms with van der Waals surface area (Å²) in [7, 11) is 0. The lowest BCUT2D eigenvalue weighted by Gasteiger charge is -2.23. The number of hydrogen-bond acceptors (Lipinski definition) is 6. The molecule has 2 aromatic heterocycles. The Balaban J connectivity index is 1.36. The molecule has 1 aromatic carbocycles. The van der Waals surface area contributed by atoms with Crippen LogP contribution in [0.15, 0.2) is 47.2 Å². The van der Waals surface area contributed by atoms with E-state index in [-0.39, 0.29) is 31.2 Å². The number of aliphatic hydroxyl groups is 1. The maximum atomic E-state index is 12.7. The van der Waals surface area contributed by atoms with Crippen molar-refractivity contribution in [3.8, 4) is 11.1 Å². The van der Waals surface area contributed by atoms with Crippen molar-refractivity contribution in [3.63, 3.8) is 0 Å². The van der Waals surface area contributed by atoms with Gasteiger partial charge in [0.05, 0.1) is 24.4 Å². The first-order chi connectivity index (χ1) is 14.5. The largest absolute Gasteiger partial charge is 0.391 e. The third kappa shape index (κ3) is 4.41. The van der Waals surface area contributed by atoms with Gasteiger partial charge in [0.2, 0.25) is 11.8 Å². The average molecular weight is 409 g/mol. The van der Waals surface area contributed by atoms with Crippen LogP contribution in [0.2, 0.25) is 0 Å². The molecule has 3 aromatic rings. The number of carbonyl (C=O) groups excluding carboxylic acids is 2. The Kier molecular flexibility index (Phi) is 5.62. The summed E-state index contributed by atoms with van der Waals surface area (Å²) >= 11 is 0. The average Bonchev–Trinajstić information content (AvgIpc) is 3.48. The highest BCUT2D eigenvalue weighted by molar-refractivity contribution is 5.89. The molecule has 156 valence electrons. The molecule has 30 heavy (non-hydrogen) atoms. The number of aromatic nitrogens is 3. The molecule has 2 amide bonds. The number of nitrogens with zero attached hydrogens (tertiary/aromatic N) is 3. The number of β-amino-alcohol motifs (C(OH)–C–C–N with tert-alkyl or cyclic N) is 1. The molecular formula is C21H23N5O4. The monoisotopic (exact) mass is 409 g/mol. The van der Waals surface area contributed by atoms with Crippen molar-refractivity contribution in [3.05, 3.63) is 59.7 Å². The van der Waals surface area contributed by atoms with Crippen molar-refractivity contribution >= 4 is 11.8 Å². The molecular weight excluding hydrogens is 386 g/mol. The lowest BCUT2D eigenvalue weighted by atomic mass is 10.1. The van der Waals surface area contributed by atoms with E-state index in [1.54, 1.807) is 19.2 Å². The molecule has 1 saturated heterocycles. The predicted molar refractivity (Wildman–Crippen MR) is 107 cm³/mol. The quantitative estimate of drug-likeness (QED) is 0.562. The Bertz CT molecular complexity index is 1010. The fraction of sp³-hybridized carbons (Fsp3) is 0.333. The summed E-state index contributed by atoms with van der Waals surface area (Å²) in [5.74, 6) is -0.115. The second-order valence-corrected chi connectivity index (χ2v) is 7.46. The Morgan fingerprint density at radius 1 is 1.30 bits per heavy atom. The summed E-state index contributed by atoms with van der Waals surface area (Å²) in [4.78, 5) is 26.8. The maximum absolute atomic E-state index is 12.7. The van der Waals surface area contributed by atoms with Crippen LogP contribution in [0.4, 0.5) is 0 Å². The second kappa shape index (κ2) is 8.50. The van der Waals surface area contributed by atoms with E-state index in [0.717, 1.165) is 16.7 Å². The fourth-order valence-electron chi connectivity index (χ4n) is 3.62. The van der Waals surface area contributed by atoms with E-state index < -0.39 is 12.1 Å². The van der Waals surface area contributed by atoms with Crippen molar-refractivity contribution in [1.29, 1.82) is 0 Å². The van der Waals surface area contributed by atoms with E-state index in [1.165, 1.54) is 4.90 Å². The first-order valence-corrected chi connectivity index (χ1v) is 9.75. The van der Waals surface area contributed by atoms with Crippen LogP contribution in [-0.4, -0.2) is 55.9 Å². The molecule has 0 radical (unpaired) electrons. The minimum Gasteiger partial charge on any atom is -0.391 e. The third-order valence-corrected chi connectivity index (χ3v) is 5.16. The van der Waals surface area contributed by atoms with Crippen LogP contribution >= 0.6 is 0 Å². The van der Waals surface area contributed by atoms with Gasteiger partial charge in [-0.15, -0.1) is 0 Å². The molecule has 3 heterocycles. The smallest absolute Gasteiger partial charge is 0.243 e. The molecule has 0 saturated carbocycles. The molecule has 2 atom stereocenters. The van der Waals surface area contributed by atoms with E-state index in [2.05, 4.69) is 20.7 Å². The number of nitrogens with one attached hydrogen (secondary N) is 2. The molecule has 0 spiro atoms. The first-order valence-electron chi connectivity index (χ1n) is 9.75. The zero-order chi connectivity index (χ0) is 21.1. The Labute approximate surface area is 173 Å². The van der Waals surface area contributed by atoms with Gasteiger partial charge in [-0.2, -0.15) is 5.10 Å². The van der Waals surface area contributed by atoms with Gasteiger partial charge >= 0.3 is 0 Å². The van der Waals surface area contributed by atoms with Gasteiger partial charge in [0.25, 0.3) is 0 Å². The third-order valence-electron chi connectivity index (χ3n) is 5.16. The first kappa shape index (κ1) is 19.8. The van der Waals surface area contributed by atoms with Gasteiger partial charge in [0.1, 0.15) is 11.8 Å². The summed E-state index contributed by atoms with van der Waals surface area (Å²) in [6.45, 7) is 2.24. The minimum absolute atomic E-state index is 0.00676. The summed E-state index contributed by atoms with van der Waals surface area (Å²) in [5.41, 5.74) is 3.63. The van der Waals surface area contributed by atoms with Crippen LogP contribution in [0.5, 0.6) is 0 Å². The number of H-pyrrole nitrogens is 1. The van der Waals surface area contributed by atoms with E-state index in [4.69, 9.17) is 4.52 Å². The van der Waals surface area contributed by atoms with E-state index in [0.29, 0.717) is 18.0 Å². The maximum Gasteiger partial charge on any atom is 0.243 e. The highest BCUT2D eigenvalue weighted by Gasteiger charge is 2.38. The highest BCUT2D eigenvalue weighted by atomic mass is 16.5. The molecule has 2 unspecified atom stereocenters. The SMILES string of the molecule is Cc1cc(CC(=O)N2CC(O)CC2C(=O)NCc2ccc(-c3cn[nH]c3)cc2)on1. The molecule has 4 rings (SSSR count). The lowest BCUT2D eigenvalue weighted by molar-refractivity contribution is -0.138. The van der Waals surface area contributed by atoms with Gasteiger partial charge in [-0.1, -0.05) is 29.4 Å². The predicted octanol–water partition coefficient (Wildman–Crippen LogP) is 1.19. The lowest BCUT2D eigenvalue weighted by Crippen LogP contribution is -2.46. The zero-order valence-corrected chi connectivity index (χ0v) is 16.5. The summed E-state index contributed by atoms with van der Waals surface area (Å²) in [6.07, 6.45) is 3.05. The number of hydrogen-bond donors (Lipinski definition) is 3. The summed E-state index contributed by atoms with van der Waals surface area (Å²) in [5, 5.41) is 23.4. The number of aromatic amines is 1. The van der Waals surface area contributed by atoms with Crippen LogP contribution < -0.4 is 5.32 Å².